The number of aryl methyl sites for hydroxylation is 1. The fourth-order valence-corrected chi connectivity index (χ4v) is 2.12. The molecule has 0 atom stereocenters. The molecule has 0 aromatic carbocycles. The standard InChI is InChI=1S/C12H23N3O2S/c1-12(2,3)13-10-11-6-8-15(14-11)7-5-9-18(4,16)17/h6,8,13H,5,7,9-10H2,1-4H3. The molecule has 1 aromatic rings. The summed E-state index contributed by atoms with van der Waals surface area (Å²) in [5.74, 6) is 0.211. The van der Waals surface area contributed by atoms with Crippen LogP contribution in [0.4, 0.5) is 0 Å². The van der Waals surface area contributed by atoms with Crippen LogP contribution in [0.2, 0.25) is 0 Å². The summed E-state index contributed by atoms with van der Waals surface area (Å²) in [7, 11) is -2.87. The third-order valence-corrected chi connectivity index (χ3v) is 3.43. The van der Waals surface area contributed by atoms with E-state index in [-0.39, 0.29) is 11.3 Å². The molecule has 0 saturated carbocycles. The molecule has 0 bridgehead atoms. The maximum Gasteiger partial charge on any atom is 0.147 e. The first-order valence-electron chi connectivity index (χ1n) is 6.11. The number of rotatable bonds is 6. The predicted octanol–water partition coefficient (Wildman–Crippen LogP) is 1.21. The van der Waals surface area contributed by atoms with Crippen molar-refractivity contribution in [1.82, 2.24) is 15.1 Å². The molecule has 0 amide bonds. The Bertz CT molecular complexity index is 472. The first-order chi connectivity index (χ1) is 8.16. The molecule has 104 valence electrons. The van der Waals surface area contributed by atoms with E-state index >= 15 is 0 Å². The van der Waals surface area contributed by atoms with E-state index in [2.05, 4.69) is 31.2 Å². The number of aromatic nitrogens is 2. The van der Waals surface area contributed by atoms with E-state index < -0.39 is 9.84 Å². The topological polar surface area (TPSA) is 64.0 Å². The minimum Gasteiger partial charge on any atom is -0.306 e. The Morgan fingerprint density at radius 3 is 2.61 bits per heavy atom. The maximum atomic E-state index is 11.0. The van der Waals surface area contributed by atoms with Crippen LogP contribution in [0, 0.1) is 0 Å². The minimum absolute atomic E-state index is 0.0695. The summed E-state index contributed by atoms with van der Waals surface area (Å²) in [5.41, 5.74) is 1.05. The van der Waals surface area contributed by atoms with Crippen LogP contribution in [0.15, 0.2) is 12.3 Å². The third-order valence-electron chi connectivity index (χ3n) is 2.40. The van der Waals surface area contributed by atoms with Crippen molar-refractivity contribution in [1.29, 1.82) is 0 Å². The average Bonchev–Trinajstić information content (AvgIpc) is 2.60. The Balaban J connectivity index is 2.39. The van der Waals surface area contributed by atoms with Gasteiger partial charge in [0.1, 0.15) is 9.84 Å². The molecule has 0 radical (unpaired) electrons. The van der Waals surface area contributed by atoms with E-state index in [1.54, 1.807) is 4.68 Å². The molecule has 0 unspecified atom stereocenters. The molecule has 1 aromatic heterocycles. The average molecular weight is 273 g/mol. The quantitative estimate of drug-likeness (QED) is 0.846. The smallest absolute Gasteiger partial charge is 0.147 e. The Hall–Kier alpha value is -0.880. The monoisotopic (exact) mass is 273 g/mol. The second-order valence-corrected chi connectivity index (χ2v) is 7.92. The fraction of sp³-hybridized carbons (Fsp3) is 0.750. The molecule has 5 nitrogen and oxygen atoms in total. The van der Waals surface area contributed by atoms with Crippen molar-refractivity contribution in [2.75, 3.05) is 12.0 Å². The van der Waals surface area contributed by atoms with E-state index in [1.807, 2.05) is 12.3 Å². The maximum absolute atomic E-state index is 11.0. The van der Waals surface area contributed by atoms with Crippen molar-refractivity contribution in [3.05, 3.63) is 18.0 Å². The van der Waals surface area contributed by atoms with Crippen LogP contribution < -0.4 is 5.32 Å². The molecule has 0 spiro atoms. The van der Waals surface area contributed by atoms with Gasteiger partial charge >= 0.3 is 0 Å². The van der Waals surface area contributed by atoms with Crippen LogP contribution in [-0.4, -0.2) is 35.7 Å². The zero-order chi connectivity index (χ0) is 13.8. The van der Waals surface area contributed by atoms with Crippen LogP contribution in [-0.2, 0) is 22.9 Å². The molecule has 0 aliphatic heterocycles. The van der Waals surface area contributed by atoms with Gasteiger partial charge in [-0.1, -0.05) is 0 Å². The van der Waals surface area contributed by atoms with Gasteiger partial charge in [0.25, 0.3) is 0 Å². The second-order valence-electron chi connectivity index (χ2n) is 5.66. The van der Waals surface area contributed by atoms with E-state index in [0.29, 0.717) is 13.0 Å². The van der Waals surface area contributed by atoms with Gasteiger partial charge in [-0.05, 0) is 33.3 Å². The van der Waals surface area contributed by atoms with Gasteiger partial charge in [0.15, 0.2) is 0 Å². The van der Waals surface area contributed by atoms with Crippen LogP contribution in [0.25, 0.3) is 0 Å². The van der Waals surface area contributed by atoms with Gasteiger partial charge in [-0.2, -0.15) is 5.10 Å². The lowest BCUT2D eigenvalue weighted by atomic mass is 10.1. The van der Waals surface area contributed by atoms with Crippen LogP contribution >= 0.6 is 0 Å². The molecular formula is C12H23N3O2S. The SMILES string of the molecule is CC(C)(C)NCc1ccn(CCCS(C)(=O)=O)n1. The first kappa shape index (κ1) is 15.2. The normalized spacial score (nSPS) is 12.9. The Labute approximate surface area is 109 Å². The van der Waals surface area contributed by atoms with Gasteiger partial charge in [0.05, 0.1) is 11.4 Å². The Morgan fingerprint density at radius 2 is 2.06 bits per heavy atom. The van der Waals surface area contributed by atoms with Crippen molar-refractivity contribution < 1.29 is 8.42 Å². The van der Waals surface area contributed by atoms with Crippen LogP contribution in [0.3, 0.4) is 0 Å². The van der Waals surface area contributed by atoms with Gasteiger partial charge < -0.3 is 5.32 Å². The van der Waals surface area contributed by atoms with Gasteiger partial charge in [0, 0.05) is 31.1 Å². The largest absolute Gasteiger partial charge is 0.306 e. The molecule has 1 heterocycles. The number of sulfone groups is 1. The highest BCUT2D eigenvalue weighted by Crippen LogP contribution is 2.03. The molecular weight excluding hydrogens is 250 g/mol. The lowest BCUT2D eigenvalue weighted by molar-refractivity contribution is 0.419. The van der Waals surface area contributed by atoms with Crippen molar-refractivity contribution in [2.45, 2.75) is 45.8 Å². The molecule has 0 saturated heterocycles. The highest BCUT2D eigenvalue weighted by atomic mass is 32.2. The molecule has 0 aliphatic rings. The molecule has 1 rings (SSSR count). The summed E-state index contributed by atoms with van der Waals surface area (Å²) < 4.78 is 23.8. The van der Waals surface area contributed by atoms with E-state index in [1.165, 1.54) is 6.26 Å². The zero-order valence-electron chi connectivity index (χ0n) is 11.6. The van der Waals surface area contributed by atoms with E-state index in [0.717, 1.165) is 12.2 Å². The Kier molecular flexibility index (Phi) is 4.92. The van der Waals surface area contributed by atoms with E-state index in [4.69, 9.17) is 0 Å². The third kappa shape index (κ3) is 6.76. The van der Waals surface area contributed by atoms with Gasteiger partial charge in [-0.15, -0.1) is 0 Å². The van der Waals surface area contributed by atoms with Gasteiger partial charge in [-0.25, -0.2) is 8.42 Å². The number of nitrogens with zero attached hydrogens (tertiary/aromatic N) is 2. The van der Waals surface area contributed by atoms with Crippen molar-refractivity contribution in [3.8, 4) is 0 Å². The number of nitrogens with one attached hydrogen (secondary N) is 1. The van der Waals surface area contributed by atoms with E-state index in [9.17, 15) is 8.42 Å². The Morgan fingerprint density at radius 1 is 1.39 bits per heavy atom. The van der Waals surface area contributed by atoms with Crippen LogP contribution in [0.1, 0.15) is 32.9 Å². The highest BCUT2D eigenvalue weighted by molar-refractivity contribution is 7.90. The molecule has 18 heavy (non-hydrogen) atoms. The molecule has 0 fully saturated rings. The first-order valence-corrected chi connectivity index (χ1v) is 8.17. The number of hydrogen-bond donors (Lipinski definition) is 1. The summed E-state index contributed by atoms with van der Waals surface area (Å²) in [6.07, 6.45) is 3.75. The minimum atomic E-state index is -2.87. The summed E-state index contributed by atoms with van der Waals surface area (Å²) in [4.78, 5) is 0. The predicted molar refractivity (Wildman–Crippen MR) is 73.1 cm³/mol. The summed E-state index contributed by atoms with van der Waals surface area (Å²) in [6.45, 7) is 7.69. The molecule has 6 heteroatoms. The summed E-state index contributed by atoms with van der Waals surface area (Å²) in [5, 5.41) is 7.75. The lowest BCUT2D eigenvalue weighted by Crippen LogP contribution is -2.35. The summed E-state index contributed by atoms with van der Waals surface area (Å²) in [6, 6.07) is 1.96. The van der Waals surface area contributed by atoms with Gasteiger partial charge in [0.2, 0.25) is 0 Å². The van der Waals surface area contributed by atoms with Crippen molar-refractivity contribution >= 4 is 9.84 Å². The second kappa shape index (κ2) is 5.84. The summed E-state index contributed by atoms with van der Waals surface area (Å²) >= 11 is 0. The zero-order valence-corrected chi connectivity index (χ0v) is 12.4. The molecule has 1 N–H and O–H groups in total. The lowest BCUT2D eigenvalue weighted by Gasteiger charge is -2.19. The highest BCUT2D eigenvalue weighted by Gasteiger charge is 2.09. The number of hydrogen-bond acceptors (Lipinski definition) is 4. The van der Waals surface area contributed by atoms with Gasteiger partial charge in [-0.3, -0.25) is 4.68 Å². The molecule has 0 aliphatic carbocycles. The van der Waals surface area contributed by atoms with Crippen molar-refractivity contribution in [2.24, 2.45) is 0 Å². The van der Waals surface area contributed by atoms with Crippen LogP contribution in [0.5, 0.6) is 0 Å². The van der Waals surface area contributed by atoms with Crippen molar-refractivity contribution in [3.63, 3.8) is 0 Å². The fourth-order valence-electron chi connectivity index (χ4n) is 1.47.